The third kappa shape index (κ3) is 3.31. The minimum absolute atomic E-state index is 0.0909. The van der Waals surface area contributed by atoms with Crippen LogP contribution in [0.3, 0.4) is 0 Å². The zero-order valence-corrected chi connectivity index (χ0v) is 13.9. The molecular formula is C18H16ClN3O2. The molecule has 0 unspecified atom stereocenters. The normalized spacial score (nSPS) is 10.8. The maximum absolute atomic E-state index is 12.7. The maximum atomic E-state index is 12.7. The van der Waals surface area contributed by atoms with Crippen LogP contribution in [0.2, 0.25) is 5.02 Å². The third-order valence-corrected chi connectivity index (χ3v) is 3.90. The summed E-state index contributed by atoms with van der Waals surface area (Å²) in [4.78, 5) is 29.5. The van der Waals surface area contributed by atoms with Gasteiger partial charge >= 0.3 is 0 Å². The summed E-state index contributed by atoms with van der Waals surface area (Å²) < 4.78 is 1.42. The standard InChI is InChI=1S/C18H16ClN3O2/c1-2-16-21-15-9-4-3-8-14(15)18(24)22(16)11-17(23)20-13-7-5-6-12(19)10-13/h3-10H,2,11H2,1H3,(H,20,23). The summed E-state index contributed by atoms with van der Waals surface area (Å²) in [6, 6.07) is 14.0. The lowest BCUT2D eigenvalue weighted by atomic mass is 10.2. The Labute approximate surface area is 143 Å². The van der Waals surface area contributed by atoms with E-state index in [0.29, 0.717) is 33.9 Å². The average molecular weight is 342 g/mol. The molecular weight excluding hydrogens is 326 g/mol. The van der Waals surface area contributed by atoms with E-state index >= 15 is 0 Å². The van der Waals surface area contributed by atoms with Crippen LogP contribution < -0.4 is 10.9 Å². The molecule has 24 heavy (non-hydrogen) atoms. The number of rotatable bonds is 4. The van der Waals surface area contributed by atoms with Crippen molar-refractivity contribution in [2.75, 3.05) is 5.32 Å². The molecule has 1 N–H and O–H groups in total. The van der Waals surface area contributed by atoms with E-state index in [4.69, 9.17) is 11.6 Å². The van der Waals surface area contributed by atoms with Gasteiger partial charge in [0.05, 0.1) is 10.9 Å². The Bertz CT molecular complexity index is 966. The monoisotopic (exact) mass is 341 g/mol. The fourth-order valence-corrected chi connectivity index (χ4v) is 2.75. The lowest BCUT2D eigenvalue weighted by Gasteiger charge is -2.12. The van der Waals surface area contributed by atoms with Crippen LogP contribution in [0.4, 0.5) is 5.69 Å². The lowest BCUT2D eigenvalue weighted by Crippen LogP contribution is -2.31. The Morgan fingerprint density at radius 3 is 2.75 bits per heavy atom. The summed E-state index contributed by atoms with van der Waals surface area (Å²) in [7, 11) is 0. The lowest BCUT2D eigenvalue weighted by molar-refractivity contribution is -0.116. The number of para-hydroxylation sites is 1. The maximum Gasteiger partial charge on any atom is 0.261 e. The minimum Gasteiger partial charge on any atom is -0.324 e. The molecule has 0 aliphatic carbocycles. The Kier molecular flexibility index (Phi) is 4.62. The van der Waals surface area contributed by atoms with Gasteiger partial charge in [-0.25, -0.2) is 4.98 Å². The van der Waals surface area contributed by atoms with E-state index in [9.17, 15) is 9.59 Å². The molecule has 0 fully saturated rings. The number of hydrogen-bond acceptors (Lipinski definition) is 3. The first-order valence-corrected chi connectivity index (χ1v) is 8.00. The Morgan fingerprint density at radius 2 is 2.00 bits per heavy atom. The molecule has 0 atom stereocenters. The predicted octanol–water partition coefficient (Wildman–Crippen LogP) is 3.25. The molecule has 0 saturated heterocycles. The Hall–Kier alpha value is -2.66. The second kappa shape index (κ2) is 6.84. The summed E-state index contributed by atoms with van der Waals surface area (Å²) in [5.74, 6) is 0.283. The number of nitrogens with one attached hydrogen (secondary N) is 1. The first-order chi connectivity index (χ1) is 11.6. The zero-order valence-electron chi connectivity index (χ0n) is 13.1. The highest BCUT2D eigenvalue weighted by atomic mass is 35.5. The topological polar surface area (TPSA) is 64.0 Å². The number of carbonyl (C=O) groups excluding carboxylic acids is 1. The van der Waals surface area contributed by atoms with Gasteiger partial charge in [-0.15, -0.1) is 0 Å². The molecule has 122 valence electrons. The molecule has 0 spiro atoms. The zero-order chi connectivity index (χ0) is 17.1. The van der Waals surface area contributed by atoms with Gasteiger partial charge in [0.1, 0.15) is 12.4 Å². The van der Waals surface area contributed by atoms with Crippen LogP contribution in [-0.2, 0) is 17.8 Å². The van der Waals surface area contributed by atoms with Crippen LogP contribution in [0.5, 0.6) is 0 Å². The molecule has 3 rings (SSSR count). The number of fused-ring (bicyclic) bond motifs is 1. The van der Waals surface area contributed by atoms with Gasteiger partial charge in [0.15, 0.2) is 0 Å². The van der Waals surface area contributed by atoms with Crippen LogP contribution in [0, 0.1) is 0 Å². The number of amides is 1. The van der Waals surface area contributed by atoms with Crippen LogP contribution in [0.1, 0.15) is 12.7 Å². The van der Waals surface area contributed by atoms with E-state index in [1.165, 1.54) is 4.57 Å². The highest BCUT2D eigenvalue weighted by Crippen LogP contribution is 2.15. The third-order valence-electron chi connectivity index (χ3n) is 3.67. The van der Waals surface area contributed by atoms with Crippen LogP contribution >= 0.6 is 11.6 Å². The van der Waals surface area contributed by atoms with E-state index < -0.39 is 0 Å². The van der Waals surface area contributed by atoms with Crippen molar-refractivity contribution in [1.82, 2.24) is 9.55 Å². The second-order valence-corrected chi connectivity index (χ2v) is 5.78. The molecule has 0 saturated carbocycles. The van der Waals surface area contributed by atoms with Crippen molar-refractivity contribution in [3.05, 3.63) is 69.7 Å². The highest BCUT2D eigenvalue weighted by molar-refractivity contribution is 6.30. The summed E-state index contributed by atoms with van der Waals surface area (Å²) in [5, 5.41) is 3.79. The van der Waals surface area contributed by atoms with Crippen molar-refractivity contribution >= 4 is 34.1 Å². The van der Waals surface area contributed by atoms with E-state index in [-0.39, 0.29) is 18.0 Å². The van der Waals surface area contributed by atoms with Crippen molar-refractivity contribution < 1.29 is 4.79 Å². The van der Waals surface area contributed by atoms with E-state index in [1.807, 2.05) is 13.0 Å². The number of halogens is 1. The molecule has 6 heteroatoms. The van der Waals surface area contributed by atoms with Gasteiger partial charge in [0.25, 0.3) is 5.56 Å². The number of nitrogens with zero attached hydrogens (tertiary/aromatic N) is 2. The van der Waals surface area contributed by atoms with Gasteiger partial charge in [-0.2, -0.15) is 0 Å². The molecule has 5 nitrogen and oxygen atoms in total. The molecule has 1 amide bonds. The summed E-state index contributed by atoms with van der Waals surface area (Å²) in [6.45, 7) is 1.81. The fourth-order valence-electron chi connectivity index (χ4n) is 2.56. The smallest absolute Gasteiger partial charge is 0.261 e. The first-order valence-electron chi connectivity index (χ1n) is 7.62. The van der Waals surface area contributed by atoms with Gasteiger partial charge in [-0.1, -0.05) is 36.7 Å². The second-order valence-electron chi connectivity index (χ2n) is 5.35. The predicted molar refractivity (Wildman–Crippen MR) is 95.5 cm³/mol. The van der Waals surface area contributed by atoms with E-state index in [2.05, 4.69) is 10.3 Å². The van der Waals surface area contributed by atoms with Crippen LogP contribution in [0.25, 0.3) is 10.9 Å². The van der Waals surface area contributed by atoms with Crippen LogP contribution in [0.15, 0.2) is 53.3 Å². The number of benzene rings is 2. The van der Waals surface area contributed by atoms with Crippen molar-refractivity contribution in [1.29, 1.82) is 0 Å². The van der Waals surface area contributed by atoms with Crippen molar-refractivity contribution in [2.45, 2.75) is 19.9 Å². The molecule has 2 aromatic carbocycles. The number of anilines is 1. The summed E-state index contributed by atoms with van der Waals surface area (Å²) in [6.07, 6.45) is 0.560. The molecule has 3 aromatic rings. The Morgan fingerprint density at radius 1 is 1.21 bits per heavy atom. The highest BCUT2D eigenvalue weighted by Gasteiger charge is 2.13. The number of carbonyl (C=O) groups is 1. The average Bonchev–Trinajstić information content (AvgIpc) is 2.57. The SMILES string of the molecule is CCc1nc2ccccc2c(=O)n1CC(=O)Nc1cccc(Cl)c1. The van der Waals surface area contributed by atoms with Gasteiger partial charge in [-0.05, 0) is 30.3 Å². The van der Waals surface area contributed by atoms with E-state index in [1.54, 1.807) is 42.5 Å². The molecule has 1 heterocycles. The van der Waals surface area contributed by atoms with Crippen molar-refractivity contribution in [3.63, 3.8) is 0 Å². The van der Waals surface area contributed by atoms with Crippen molar-refractivity contribution in [3.8, 4) is 0 Å². The first kappa shape index (κ1) is 16.2. The molecule has 0 aliphatic heterocycles. The molecule has 0 aliphatic rings. The van der Waals surface area contributed by atoms with Gasteiger partial charge in [-0.3, -0.25) is 14.2 Å². The molecule has 1 aromatic heterocycles. The van der Waals surface area contributed by atoms with Crippen LogP contribution in [-0.4, -0.2) is 15.5 Å². The van der Waals surface area contributed by atoms with Crippen molar-refractivity contribution in [2.24, 2.45) is 0 Å². The number of hydrogen-bond donors (Lipinski definition) is 1. The summed E-state index contributed by atoms with van der Waals surface area (Å²) in [5.41, 5.74) is 1.02. The Balaban J connectivity index is 1.93. The quantitative estimate of drug-likeness (QED) is 0.792. The number of aryl methyl sites for hydroxylation is 1. The minimum atomic E-state index is -0.300. The van der Waals surface area contributed by atoms with Gasteiger partial charge < -0.3 is 5.32 Å². The van der Waals surface area contributed by atoms with E-state index in [0.717, 1.165) is 0 Å². The summed E-state index contributed by atoms with van der Waals surface area (Å²) >= 11 is 5.91. The van der Waals surface area contributed by atoms with Gasteiger partial charge in [0.2, 0.25) is 5.91 Å². The fraction of sp³-hybridized carbons (Fsp3) is 0.167. The molecule has 0 radical (unpaired) electrons. The van der Waals surface area contributed by atoms with Gasteiger partial charge in [0, 0.05) is 17.1 Å². The molecule has 0 bridgehead atoms. The number of aromatic nitrogens is 2. The largest absolute Gasteiger partial charge is 0.324 e.